The summed E-state index contributed by atoms with van der Waals surface area (Å²) in [7, 11) is -3.47. The maximum atomic E-state index is 11.5. The van der Waals surface area contributed by atoms with Crippen molar-refractivity contribution < 1.29 is 8.42 Å². The molecule has 0 spiro atoms. The number of rotatable bonds is 8. The van der Waals surface area contributed by atoms with Crippen LogP contribution in [0.3, 0.4) is 0 Å². The normalized spacial score (nSPS) is 11.5. The third-order valence-corrected chi connectivity index (χ3v) is 9.35. The zero-order chi connectivity index (χ0) is 32.9. The molecule has 0 saturated carbocycles. The predicted molar refractivity (Wildman–Crippen MR) is 184 cm³/mol. The van der Waals surface area contributed by atoms with Crippen molar-refractivity contribution in [2.24, 2.45) is 0 Å². The molecule has 0 atom stereocenters. The molecule has 236 valence electrons. The minimum Gasteiger partial charge on any atom is -0.383 e. The first-order valence-corrected chi connectivity index (χ1v) is 17.9. The van der Waals surface area contributed by atoms with Crippen LogP contribution in [0.1, 0.15) is 84.0 Å². The van der Waals surface area contributed by atoms with Crippen molar-refractivity contribution in [2.45, 2.75) is 76.5 Å². The van der Waals surface area contributed by atoms with E-state index in [-0.39, 0.29) is 11.0 Å². The largest absolute Gasteiger partial charge is 0.383 e. The van der Waals surface area contributed by atoms with E-state index in [2.05, 4.69) is 59.8 Å². The Hall–Kier alpha value is -2.92. The lowest BCUT2D eigenvalue weighted by Gasteiger charge is -2.16. The number of aromatic nitrogens is 4. The second-order valence-electron chi connectivity index (χ2n) is 11.4. The molecule has 8 nitrogen and oxygen atoms in total. The lowest BCUT2D eigenvalue weighted by Crippen LogP contribution is -2.09. The molecule has 4 N–H and O–H groups in total. The van der Waals surface area contributed by atoms with Gasteiger partial charge in [-0.05, 0) is 77.5 Å². The van der Waals surface area contributed by atoms with Crippen LogP contribution in [0.2, 0.25) is 10.0 Å². The standard InChI is InChI=1S/C16H20ClN3O2S.C16H20ClN3S/c1-9(2)13-5-10(3)14(17)7-11(13)6-12-8-19-16(20-15(12)18)23(4,21)22;1-9(2)13-5-10(3)14(17)7-11(13)6-12-8-19-16(21-4)20-15(12)18/h5,7-9H,6H2,1-4H3,(H2,18,19,20);5,7-9H,6H2,1-4H3,(H2,18,19,20). The molecule has 0 aliphatic carbocycles. The highest BCUT2D eigenvalue weighted by Gasteiger charge is 2.16. The molecule has 0 amide bonds. The van der Waals surface area contributed by atoms with Crippen LogP contribution < -0.4 is 11.5 Å². The summed E-state index contributed by atoms with van der Waals surface area (Å²) in [5.41, 5.74) is 20.4. The zero-order valence-corrected chi connectivity index (χ0v) is 29.5. The summed E-state index contributed by atoms with van der Waals surface area (Å²) in [4.78, 5) is 16.4. The van der Waals surface area contributed by atoms with Crippen LogP contribution in [0, 0.1) is 13.8 Å². The number of sulfone groups is 1. The van der Waals surface area contributed by atoms with Crippen molar-refractivity contribution in [1.82, 2.24) is 19.9 Å². The highest BCUT2D eigenvalue weighted by atomic mass is 35.5. The van der Waals surface area contributed by atoms with E-state index >= 15 is 0 Å². The first-order chi connectivity index (χ1) is 20.5. The highest BCUT2D eigenvalue weighted by Crippen LogP contribution is 2.30. The van der Waals surface area contributed by atoms with E-state index in [4.69, 9.17) is 34.7 Å². The summed E-state index contributed by atoms with van der Waals surface area (Å²) in [6.45, 7) is 12.6. The van der Waals surface area contributed by atoms with E-state index in [0.717, 1.165) is 33.5 Å². The van der Waals surface area contributed by atoms with E-state index < -0.39 is 9.84 Å². The molecule has 0 aliphatic rings. The third-order valence-electron chi connectivity index (χ3n) is 7.11. The van der Waals surface area contributed by atoms with Crippen molar-refractivity contribution in [3.63, 3.8) is 0 Å². The monoisotopic (exact) mass is 674 g/mol. The molecule has 0 aliphatic heterocycles. The molecular weight excluding hydrogens is 635 g/mol. The van der Waals surface area contributed by atoms with Crippen LogP contribution in [-0.4, -0.2) is 40.9 Å². The van der Waals surface area contributed by atoms with Gasteiger partial charge in [-0.1, -0.05) is 74.8 Å². The number of nitrogens with two attached hydrogens (primary N) is 2. The average Bonchev–Trinajstić information content (AvgIpc) is 2.94. The fraction of sp³-hybridized carbons (Fsp3) is 0.375. The molecule has 0 radical (unpaired) electrons. The highest BCUT2D eigenvalue weighted by molar-refractivity contribution is 7.98. The van der Waals surface area contributed by atoms with Gasteiger partial charge in [0, 0.05) is 52.7 Å². The molecule has 2 heterocycles. The summed E-state index contributed by atoms with van der Waals surface area (Å²) in [6, 6.07) is 8.20. The van der Waals surface area contributed by atoms with E-state index in [1.807, 2.05) is 38.4 Å². The first kappa shape index (κ1) is 35.6. The van der Waals surface area contributed by atoms with Crippen molar-refractivity contribution >= 4 is 56.4 Å². The number of halogens is 2. The maximum Gasteiger partial charge on any atom is 0.248 e. The van der Waals surface area contributed by atoms with Gasteiger partial charge in [-0.15, -0.1) is 0 Å². The second kappa shape index (κ2) is 14.9. The minimum absolute atomic E-state index is 0.173. The Bertz CT molecular complexity index is 1760. The fourth-order valence-corrected chi connectivity index (χ4v) is 5.87. The fourth-order valence-electron chi connectivity index (χ4n) is 4.64. The summed E-state index contributed by atoms with van der Waals surface area (Å²) >= 11 is 14.0. The summed E-state index contributed by atoms with van der Waals surface area (Å²) in [6.07, 6.45) is 7.48. The average molecular weight is 676 g/mol. The smallest absolute Gasteiger partial charge is 0.248 e. The summed E-state index contributed by atoms with van der Waals surface area (Å²) in [5.74, 6) is 1.48. The molecule has 2 aromatic heterocycles. The number of nitrogens with zero attached hydrogens (tertiary/aromatic N) is 4. The number of benzene rings is 2. The lowest BCUT2D eigenvalue weighted by atomic mass is 9.92. The number of aryl methyl sites for hydroxylation is 2. The van der Waals surface area contributed by atoms with Gasteiger partial charge in [0.1, 0.15) is 11.6 Å². The van der Waals surface area contributed by atoms with Gasteiger partial charge >= 0.3 is 0 Å². The van der Waals surface area contributed by atoms with Gasteiger partial charge in [-0.25, -0.2) is 28.4 Å². The van der Waals surface area contributed by atoms with Gasteiger partial charge in [-0.2, -0.15) is 0 Å². The van der Waals surface area contributed by atoms with Crippen LogP contribution in [-0.2, 0) is 22.7 Å². The van der Waals surface area contributed by atoms with Crippen molar-refractivity contribution in [2.75, 3.05) is 24.0 Å². The number of nitrogen functional groups attached to an aromatic ring is 2. The molecule has 4 rings (SSSR count). The Morgan fingerprint density at radius 3 is 1.55 bits per heavy atom. The molecule has 4 aromatic rings. The van der Waals surface area contributed by atoms with Gasteiger partial charge in [0.05, 0.1) is 0 Å². The van der Waals surface area contributed by atoms with Crippen LogP contribution >= 0.6 is 35.0 Å². The second-order valence-corrected chi connectivity index (χ2v) is 14.9. The van der Waals surface area contributed by atoms with Gasteiger partial charge in [0.2, 0.25) is 15.0 Å². The molecule has 0 unspecified atom stereocenters. The number of thioether (sulfide) groups is 1. The molecular formula is C32H40Cl2N6O2S2. The van der Waals surface area contributed by atoms with E-state index in [1.165, 1.54) is 34.6 Å². The predicted octanol–water partition coefficient (Wildman–Crippen LogP) is 7.60. The van der Waals surface area contributed by atoms with Gasteiger partial charge in [0.15, 0.2) is 5.16 Å². The Labute approximate surface area is 275 Å². The lowest BCUT2D eigenvalue weighted by molar-refractivity contribution is 0.593. The summed E-state index contributed by atoms with van der Waals surface area (Å²) < 4.78 is 23.0. The van der Waals surface area contributed by atoms with Crippen LogP contribution in [0.4, 0.5) is 11.6 Å². The maximum absolute atomic E-state index is 11.5. The molecule has 0 bridgehead atoms. The molecule has 12 heteroatoms. The van der Waals surface area contributed by atoms with Gasteiger partial charge < -0.3 is 11.5 Å². The first-order valence-electron chi connectivity index (χ1n) is 14.1. The summed E-state index contributed by atoms with van der Waals surface area (Å²) in [5, 5.41) is 1.92. The topological polar surface area (TPSA) is 138 Å². The SMILES string of the molecule is CSc1ncc(Cc2cc(Cl)c(C)cc2C(C)C)c(N)n1.Cc1cc(C(C)C)c(Cc2cnc(S(C)(=O)=O)nc2N)cc1Cl. The van der Waals surface area contributed by atoms with E-state index in [9.17, 15) is 8.42 Å². The Kier molecular flexibility index (Phi) is 12.0. The van der Waals surface area contributed by atoms with E-state index in [0.29, 0.717) is 46.2 Å². The van der Waals surface area contributed by atoms with Crippen molar-refractivity contribution in [3.05, 3.63) is 91.2 Å². The Morgan fingerprint density at radius 2 is 1.18 bits per heavy atom. The van der Waals surface area contributed by atoms with Crippen molar-refractivity contribution in [3.8, 4) is 0 Å². The van der Waals surface area contributed by atoms with Crippen LogP contribution in [0.25, 0.3) is 0 Å². The minimum atomic E-state index is -3.47. The molecule has 0 fully saturated rings. The molecule has 2 aromatic carbocycles. The third kappa shape index (κ3) is 9.06. The Morgan fingerprint density at radius 1 is 0.750 bits per heavy atom. The van der Waals surface area contributed by atoms with Crippen LogP contribution in [0.5, 0.6) is 0 Å². The van der Waals surface area contributed by atoms with Crippen LogP contribution in [0.15, 0.2) is 47.0 Å². The van der Waals surface area contributed by atoms with E-state index in [1.54, 1.807) is 0 Å². The van der Waals surface area contributed by atoms with Gasteiger partial charge in [-0.3, -0.25) is 0 Å². The molecule has 0 saturated heterocycles. The number of anilines is 2. The molecule has 44 heavy (non-hydrogen) atoms. The van der Waals surface area contributed by atoms with Crippen molar-refractivity contribution in [1.29, 1.82) is 0 Å². The quantitative estimate of drug-likeness (QED) is 0.143. The zero-order valence-electron chi connectivity index (χ0n) is 26.4. The Balaban J connectivity index is 0.000000241. The van der Waals surface area contributed by atoms with Gasteiger partial charge in [0.25, 0.3) is 0 Å². The number of hydrogen-bond donors (Lipinski definition) is 2. The number of hydrogen-bond acceptors (Lipinski definition) is 9.